The first-order valence-corrected chi connectivity index (χ1v) is 12.0. The molecule has 4 saturated carbocycles. The standard InChI is InChI=1S/C28H28N2O3/c1-17-3-2-4-18(9-17)13-24-25(31)29-27(33)30(26(24)32)23-7-5-22(6-8-23)28-14-19-10-20(15-28)12-21(11-19)16-28/h2-9,13,19-21H,10-12,14-16H2,1H3,(H,29,31,33)/b24-13+. The van der Waals surface area contributed by atoms with Gasteiger partial charge in [0.2, 0.25) is 0 Å². The summed E-state index contributed by atoms with van der Waals surface area (Å²) in [6.07, 6.45) is 9.52. The van der Waals surface area contributed by atoms with Crippen LogP contribution in [0, 0.1) is 24.7 Å². The predicted molar refractivity (Wildman–Crippen MR) is 126 cm³/mol. The molecule has 2 aromatic carbocycles. The Morgan fingerprint density at radius 3 is 2.15 bits per heavy atom. The van der Waals surface area contributed by atoms with Crippen molar-refractivity contribution in [2.75, 3.05) is 4.90 Å². The highest BCUT2D eigenvalue weighted by molar-refractivity contribution is 6.39. The second kappa shape index (κ2) is 7.41. The molecule has 0 aromatic heterocycles. The van der Waals surface area contributed by atoms with Crippen molar-refractivity contribution < 1.29 is 14.4 Å². The van der Waals surface area contributed by atoms with Crippen LogP contribution in [0.15, 0.2) is 54.1 Å². The smallest absolute Gasteiger partial charge is 0.273 e. The summed E-state index contributed by atoms with van der Waals surface area (Å²) in [6.45, 7) is 1.95. The number of hydrogen-bond acceptors (Lipinski definition) is 3. The summed E-state index contributed by atoms with van der Waals surface area (Å²) in [5.41, 5.74) is 3.83. The molecule has 0 radical (unpaired) electrons. The van der Waals surface area contributed by atoms with Crippen LogP contribution in [0.4, 0.5) is 10.5 Å². The van der Waals surface area contributed by atoms with Crippen molar-refractivity contribution in [2.24, 2.45) is 17.8 Å². The molecule has 7 rings (SSSR count). The molecule has 2 aromatic rings. The average molecular weight is 441 g/mol. The number of nitrogens with zero attached hydrogens (tertiary/aromatic N) is 1. The molecule has 1 aliphatic heterocycles. The minimum Gasteiger partial charge on any atom is -0.273 e. The molecule has 1 N–H and O–H groups in total. The average Bonchev–Trinajstić information content (AvgIpc) is 2.76. The van der Waals surface area contributed by atoms with Crippen molar-refractivity contribution in [3.8, 4) is 0 Å². The van der Waals surface area contributed by atoms with Crippen LogP contribution in [-0.2, 0) is 15.0 Å². The van der Waals surface area contributed by atoms with Crippen molar-refractivity contribution in [3.05, 3.63) is 70.8 Å². The van der Waals surface area contributed by atoms with Gasteiger partial charge in [-0.1, -0.05) is 42.0 Å². The first-order valence-electron chi connectivity index (χ1n) is 12.0. The van der Waals surface area contributed by atoms with Gasteiger partial charge in [-0.3, -0.25) is 14.9 Å². The molecule has 5 heteroatoms. The lowest BCUT2D eigenvalue weighted by atomic mass is 9.48. The second-order valence-electron chi connectivity index (χ2n) is 10.6. The Labute approximate surface area is 193 Å². The Morgan fingerprint density at radius 2 is 1.55 bits per heavy atom. The maximum atomic E-state index is 13.2. The Balaban J connectivity index is 1.30. The third kappa shape index (κ3) is 3.41. The lowest BCUT2D eigenvalue weighted by Gasteiger charge is -2.57. The highest BCUT2D eigenvalue weighted by Gasteiger charge is 2.51. The van der Waals surface area contributed by atoms with E-state index in [2.05, 4.69) is 17.4 Å². The van der Waals surface area contributed by atoms with Crippen molar-refractivity contribution in [3.63, 3.8) is 0 Å². The van der Waals surface area contributed by atoms with E-state index in [0.29, 0.717) is 5.69 Å². The zero-order chi connectivity index (χ0) is 22.7. The predicted octanol–water partition coefficient (Wildman–Crippen LogP) is 5.13. The SMILES string of the molecule is Cc1cccc(/C=C2\C(=O)NC(=O)N(c3ccc(C45CC6CC(CC(C6)C4)C5)cc3)C2=O)c1. The van der Waals surface area contributed by atoms with Gasteiger partial charge in [0.15, 0.2) is 0 Å². The number of anilines is 1. The largest absolute Gasteiger partial charge is 0.335 e. The summed E-state index contributed by atoms with van der Waals surface area (Å²) in [5.74, 6) is 1.31. The molecule has 1 heterocycles. The van der Waals surface area contributed by atoms with Gasteiger partial charge in [0.25, 0.3) is 11.8 Å². The van der Waals surface area contributed by atoms with E-state index >= 15 is 0 Å². The highest BCUT2D eigenvalue weighted by atomic mass is 16.2. The van der Waals surface area contributed by atoms with Crippen LogP contribution in [0.5, 0.6) is 0 Å². The van der Waals surface area contributed by atoms with Gasteiger partial charge >= 0.3 is 6.03 Å². The summed E-state index contributed by atoms with van der Waals surface area (Å²) < 4.78 is 0. The maximum absolute atomic E-state index is 13.2. The lowest BCUT2D eigenvalue weighted by Crippen LogP contribution is -2.54. The molecule has 4 aliphatic carbocycles. The first-order chi connectivity index (χ1) is 15.9. The van der Waals surface area contributed by atoms with E-state index in [1.54, 1.807) is 6.08 Å². The molecule has 0 unspecified atom stereocenters. The maximum Gasteiger partial charge on any atom is 0.335 e. The van der Waals surface area contributed by atoms with Crippen molar-refractivity contribution >= 4 is 29.6 Å². The fourth-order valence-corrected chi connectivity index (χ4v) is 7.25. The number of carbonyl (C=O) groups excluding carboxylic acids is 3. The van der Waals surface area contributed by atoms with E-state index in [4.69, 9.17) is 0 Å². The third-order valence-electron chi connectivity index (χ3n) is 8.23. The minimum atomic E-state index is -0.700. The van der Waals surface area contributed by atoms with E-state index in [-0.39, 0.29) is 11.0 Å². The summed E-state index contributed by atoms with van der Waals surface area (Å²) in [6, 6.07) is 14.8. The van der Waals surface area contributed by atoms with Crippen LogP contribution >= 0.6 is 0 Å². The number of benzene rings is 2. The Bertz CT molecular complexity index is 1160. The molecular weight excluding hydrogens is 412 g/mol. The molecule has 0 atom stereocenters. The number of imide groups is 2. The lowest BCUT2D eigenvalue weighted by molar-refractivity contribution is -0.122. The Kier molecular flexibility index (Phi) is 4.58. The molecular formula is C28H28N2O3. The van der Waals surface area contributed by atoms with Gasteiger partial charge in [-0.05, 0) is 98.0 Å². The van der Waals surface area contributed by atoms with Crippen molar-refractivity contribution in [2.45, 2.75) is 50.9 Å². The zero-order valence-electron chi connectivity index (χ0n) is 18.8. The van der Waals surface area contributed by atoms with Crippen molar-refractivity contribution in [1.29, 1.82) is 0 Å². The quantitative estimate of drug-likeness (QED) is 0.532. The molecule has 33 heavy (non-hydrogen) atoms. The Hall–Kier alpha value is -3.21. The summed E-state index contributed by atoms with van der Waals surface area (Å²) in [7, 11) is 0. The normalized spacial score (nSPS) is 31.9. The van der Waals surface area contributed by atoms with Gasteiger partial charge in [-0.2, -0.15) is 0 Å². The van der Waals surface area contributed by atoms with Gasteiger partial charge in [0, 0.05) is 0 Å². The monoisotopic (exact) mass is 440 g/mol. The van der Waals surface area contributed by atoms with E-state index in [1.807, 2.05) is 43.3 Å². The molecule has 5 fully saturated rings. The number of nitrogens with one attached hydrogen (secondary N) is 1. The van der Waals surface area contributed by atoms with E-state index in [0.717, 1.165) is 33.8 Å². The first kappa shape index (κ1) is 20.4. The molecule has 168 valence electrons. The van der Waals surface area contributed by atoms with Gasteiger partial charge in [-0.15, -0.1) is 0 Å². The molecule has 4 bridgehead atoms. The number of aryl methyl sites for hydroxylation is 1. The summed E-state index contributed by atoms with van der Waals surface area (Å²) in [4.78, 5) is 39.4. The fraction of sp³-hybridized carbons (Fsp3) is 0.393. The van der Waals surface area contributed by atoms with Crippen LogP contribution in [-0.4, -0.2) is 17.8 Å². The number of carbonyl (C=O) groups is 3. The number of urea groups is 1. The molecule has 5 aliphatic rings. The molecule has 4 amide bonds. The van der Waals surface area contributed by atoms with Gasteiger partial charge < -0.3 is 0 Å². The van der Waals surface area contributed by atoms with Crippen LogP contribution in [0.3, 0.4) is 0 Å². The highest BCUT2D eigenvalue weighted by Crippen LogP contribution is 2.60. The molecule has 1 saturated heterocycles. The minimum absolute atomic E-state index is 0.0367. The summed E-state index contributed by atoms with van der Waals surface area (Å²) >= 11 is 0. The number of barbiturate groups is 1. The second-order valence-corrected chi connectivity index (χ2v) is 10.6. The number of amides is 4. The van der Waals surface area contributed by atoms with Crippen molar-refractivity contribution in [1.82, 2.24) is 5.32 Å². The fourth-order valence-electron chi connectivity index (χ4n) is 7.25. The van der Waals surface area contributed by atoms with E-state index in [9.17, 15) is 14.4 Å². The molecule has 0 spiro atoms. The summed E-state index contributed by atoms with van der Waals surface area (Å²) in [5, 5.41) is 2.33. The van der Waals surface area contributed by atoms with Crippen LogP contribution in [0.2, 0.25) is 0 Å². The topological polar surface area (TPSA) is 66.5 Å². The number of rotatable bonds is 3. The zero-order valence-corrected chi connectivity index (χ0v) is 18.8. The number of hydrogen-bond donors (Lipinski definition) is 1. The van der Waals surface area contributed by atoms with E-state index in [1.165, 1.54) is 44.1 Å². The van der Waals surface area contributed by atoms with Gasteiger partial charge in [-0.25, -0.2) is 9.69 Å². The molecule has 5 nitrogen and oxygen atoms in total. The third-order valence-corrected chi connectivity index (χ3v) is 8.23. The van der Waals surface area contributed by atoms with E-state index < -0.39 is 17.8 Å². The van der Waals surface area contributed by atoms with Crippen LogP contribution < -0.4 is 10.2 Å². The Morgan fingerprint density at radius 1 is 0.909 bits per heavy atom. The van der Waals surface area contributed by atoms with Gasteiger partial charge in [0.1, 0.15) is 5.57 Å². The van der Waals surface area contributed by atoms with Crippen LogP contribution in [0.25, 0.3) is 6.08 Å². The van der Waals surface area contributed by atoms with Gasteiger partial charge in [0.05, 0.1) is 5.69 Å². The van der Waals surface area contributed by atoms with Crippen LogP contribution in [0.1, 0.15) is 55.2 Å².